The number of benzene rings is 1. The number of likely N-dealkylation sites (tertiary alicyclic amines) is 1. The predicted octanol–water partition coefficient (Wildman–Crippen LogP) is 2.94. The Morgan fingerprint density at radius 1 is 1.40 bits per heavy atom. The highest BCUT2D eigenvalue weighted by atomic mass is 16.5. The average Bonchev–Trinajstić information content (AvgIpc) is 3.05. The Bertz CT molecular complexity index is 686. The van der Waals surface area contributed by atoms with E-state index in [0.29, 0.717) is 25.0 Å². The molecule has 0 saturated carbocycles. The van der Waals surface area contributed by atoms with Gasteiger partial charge in [0, 0.05) is 33.0 Å². The van der Waals surface area contributed by atoms with E-state index in [-0.39, 0.29) is 5.91 Å². The quantitative estimate of drug-likeness (QED) is 0.807. The van der Waals surface area contributed by atoms with Crippen molar-refractivity contribution in [1.82, 2.24) is 15.0 Å². The van der Waals surface area contributed by atoms with Gasteiger partial charge in [-0.2, -0.15) is 4.98 Å². The molecule has 0 spiro atoms. The van der Waals surface area contributed by atoms with Gasteiger partial charge in [0.15, 0.2) is 11.9 Å². The summed E-state index contributed by atoms with van der Waals surface area (Å²) in [7, 11) is 0. The summed E-state index contributed by atoms with van der Waals surface area (Å²) in [5, 5.41) is 3.98. The van der Waals surface area contributed by atoms with Gasteiger partial charge in [0.1, 0.15) is 0 Å². The molecule has 1 aromatic carbocycles. The summed E-state index contributed by atoms with van der Waals surface area (Å²) >= 11 is 0. The summed E-state index contributed by atoms with van der Waals surface area (Å²) in [6.07, 6.45) is 2.27. The van der Waals surface area contributed by atoms with Crippen LogP contribution in [0.3, 0.4) is 0 Å². The molecule has 2 heterocycles. The van der Waals surface area contributed by atoms with E-state index in [9.17, 15) is 4.79 Å². The van der Waals surface area contributed by atoms with E-state index in [1.807, 2.05) is 42.2 Å². The van der Waals surface area contributed by atoms with Crippen LogP contribution in [0.4, 0.5) is 0 Å². The van der Waals surface area contributed by atoms with E-state index in [2.05, 4.69) is 10.1 Å². The number of aromatic nitrogens is 2. The smallest absolute Gasteiger partial charge is 0.256 e. The van der Waals surface area contributed by atoms with Crippen LogP contribution in [0.25, 0.3) is 0 Å². The van der Waals surface area contributed by atoms with Gasteiger partial charge in [-0.25, -0.2) is 0 Å². The zero-order chi connectivity index (χ0) is 17.6. The van der Waals surface area contributed by atoms with Crippen LogP contribution >= 0.6 is 0 Å². The van der Waals surface area contributed by atoms with E-state index in [0.717, 1.165) is 37.2 Å². The van der Waals surface area contributed by atoms with E-state index in [4.69, 9.17) is 9.26 Å². The monoisotopic (exact) mass is 343 g/mol. The van der Waals surface area contributed by atoms with Crippen LogP contribution in [0.5, 0.6) is 0 Å². The van der Waals surface area contributed by atoms with Crippen LogP contribution in [0, 0.1) is 12.8 Å². The van der Waals surface area contributed by atoms with Gasteiger partial charge in [-0.05, 0) is 31.2 Å². The minimum Gasteiger partial charge on any atom is -0.364 e. The number of carbonyl (C=O) groups excluding carboxylic acids is 1. The van der Waals surface area contributed by atoms with Gasteiger partial charge < -0.3 is 14.2 Å². The molecule has 1 saturated heterocycles. The summed E-state index contributed by atoms with van der Waals surface area (Å²) in [5.74, 6) is 1.70. The zero-order valence-corrected chi connectivity index (χ0v) is 14.9. The van der Waals surface area contributed by atoms with Gasteiger partial charge >= 0.3 is 0 Å². The number of carbonyl (C=O) groups is 1. The molecule has 0 radical (unpaired) electrons. The standard InChI is InChI=1S/C19H25N3O3/c1-3-24-18(16-9-5-4-6-10-16)19(23)22-11-7-8-15(13-22)12-17-20-14(2)25-21-17/h4-6,9-10,15,18H,3,7-8,11-13H2,1-2H3/t15-,18-/m1/s1. The summed E-state index contributed by atoms with van der Waals surface area (Å²) in [6.45, 7) is 5.70. The van der Waals surface area contributed by atoms with Crippen LogP contribution in [-0.2, 0) is 16.0 Å². The molecule has 2 aromatic rings. The number of rotatable bonds is 6. The van der Waals surface area contributed by atoms with Crippen LogP contribution in [0.15, 0.2) is 34.9 Å². The molecular weight excluding hydrogens is 318 g/mol. The molecule has 1 aromatic heterocycles. The van der Waals surface area contributed by atoms with Gasteiger partial charge in [0.05, 0.1) is 0 Å². The number of piperidine rings is 1. The number of hydrogen-bond acceptors (Lipinski definition) is 5. The molecule has 1 aliphatic heterocycles. The molecule has 6 nitrogen and oxygen atoms in total. The lowest BCUT2D eigenvalue weighted by Gasteiger charge is -2.34. The first kappa shape index (κ1) is 17.6. The van der Waals surface area contributed by atoms with Gasteiger partial charge in [-0.3, -0.25) is 4.79 Å². The Morgan fingerprint density at radius 2 is 2.20 bits per heavy atom. The van der Waals surface area contributed by atoms with E-state index < -0.39 is 6.10 Å². The lowest BCUT2D eigenvalue weighted by Crippen LogP contribution is -2.43. The molecule has 1 fully saturated rings. The van der Waals surface area contributed by atoms with Gasteiger partial charge in [-0.15, -0.1) is 0 Å². The van der Waals surface area contributed by atoms with Crippen molar-refractivity contribution in [2.24, 2.45) is 5.92 Å². The van der Waals surface area contributed by atoms with Crippen LogP contribution in [0.2, 0.25) is 0 Å². The van der Waals surface area contributed by atoms with Crippen LogP contribution in [0.1, 0.15) is 43.1 Å². The van der Waals surface area contributed by atoms with Crippen molar-refractivity contribution in [3.8, 4) is 0 Å². The highest BCUT2D eigenvalue weighted by Crippen LogP contribution is 2.25. The van der Waals surface area contributed by atoms with Crippen molar-refractivity contribution >= 4 is 5.91 Å². The largest absolute Gasteiger partial charge is 0.364 e. The number of aryl methyl sites for hydroxylation is 1. The third-order valence-corrected chi connectivity index (χ3v) is 4.53. The molecule has 1 amide bonds. The Hall–Kier alpha value is -2.21. The Balaban J connectivity index is 1.67. The summed E-state index contributed by atoms with van der Waals surface area (Å²) in [6, 6.07) is 9.71. The Labute approximate surface area is 148 Å². The molecule has 0 N–H and O–H groups in total. The second-order valence-electron chi connectivity index (χ2n) is 6.47. The van der Waals surface area contributed by atoms with E-state index in [1.54, 1.807) is 6.92 Å². The highest BCUT2D eigenvalue weighted by Gasteiger charge is 2.30. The second kappa shape index (κ2) is 8.25. The molecule has 134 valence electrons. The lowest BCUT2D eigenvalue weighted by atomic mass is 9.93. The molecule has 1 aliphatic rings. The first-order valence-electron chi connectivity index (χ1n) is 8.92. The maximum Gasteiger partial charge on any atom is 0.256 e. The maximum atomic E-state index is 13.0. The number of hydrogen-bond donors (Lipinski definition) is 0. The molecule has 25 heavy (non-hydrogen) atoms. The van der Waals surface area contributed by atoms with E-state index >= 15 is 0 Å². The second-order valence-corrected chi connectivity index (χ2v) is 6.47. The van der Waals surface area contributed by atoms with Crippen molar-refractivity contribution in [3.05, 3.63) is 47.6 Å². The van der Waals surface area contributed by atoms with Crippen molar-refractivity contribution < 1.29 is 14.1 Å². The third kappa shape index (κ3) is 4.45. The lowest BCUT2D eigenvalue weighted by molar-refractivity contribution is -0.146. The minimum absolute atomic E-state index is 0.0436. The van der Waals surface area contributed by atoms with Gasteiger partial charge in [0.25, 0.3) is 5.91 Å². The molecule has 0 unspecified atom stereocenters. The first-order valence-corrected chi connectivity index (χ1v) is 8.92. The number of nitrogens with zero attached hydrogens (tertiary/aromatic N) is 3. The van der Waals surface area contributed by atoms with Gasteiger partial charge in [-0.1, -0.05) is 35.5 Å². The maximum absolute atomic E-state index is 13.0. The van der Waals surface area contributed by atoms with E-state index in [1.165, 1.54) is 0 Å². The normalized spacial score (nSPS) is 19.0. The molecule has 2 atom stereocenters. The summed E-state index contributed by atoms with van der Waals surface area (Å²) in [5.41, 5.74) is 0.908. The fraction of sp³-hybridized carbons (Fsp3) is 0.526. The first-order chi connectivity index (χ1) is 12.2. The van der Waals surface area contributed by atoms with Crippen molar-refractivity contribution in [1.29, 1.82) is 0 Å². The fourth-order valence-electron chi connectivity index (χ4n) is 3.38. The van der Waals surface area contributed by atoms with Crippen molar-refractivity contribution in [3.63, 3.8) is 0 Å². The topological polar surface area (TPSA) is 68.5 Å². The molecular formula is C19H25N3O3. The highest BCUT2D eigenvalue weighted by molar-refractivity contribution is 5.82. The molecule has 3 rings (SSSR count). The predicted molar refractivity (Wildman–Crippen MR) is 92.9 cm³/mol. The summed E-state index contributed by atoms with van der Waals surface area (Å²) < 4.78 is 10.8. The number of amides is 1. The van der Waals surface area contributed by atoms with Crippen LogP contribution in [-0.4, -0.2) is 40.6 Å². The van der Waals surface area contributed by atoms with Crippen molar-refractivity contribution in [2.75, 3.05) is 19.7 Å². The summed E-state index contributed by atoms with van der Waals surface area (Å²) in [4.78, 5) is 19.2. The number of ether oxygens (including phenoxy) is 1. The fourth-order valence-corrected chi connectivity index (χ4v) is 3.38. The Morgan fingerprint density at radius 3 is 2.88 bits per heavy atom. The van der Waals surface area contributed by atoms with Gasteiger partial charge in [0.2, 0.25) is 5.89 Å². The average molecular weight is 343 g/mol. The van der Waals surface area contributed by atoms with Crippen LogP contribution < -0.4 is 0 Å². The zero-order valence-electron chi connectivity index (χ0n) is 14.9. The Kier molecular flexibility index (Phi) is 5.81. The molecule has 0 aliphatic carbocycles. The van der Waals surface area contributed by atoms with Crippen molar-refractivity contribution in [2.45, 2.75) is 39.2 Å². The molecule has 0 bridgehead atoms. The third-order valence-electron chi connectivity index (χ3n) is 4.53. The SMILES string of the molecule is CCO[C@@H](C(=O)N1CCC[C@H](Cc2noc(C)n2)C1)c1ccccc1. The minimum atomic E-state index is -0.530. The molecule has 6 heteroatoms.